The highest BCUT2D eigenvalue weighted by Crippen LogP contribution is 2.30. The van der Waals surface area contributed by atoms with Gasteiger partial charge in [0, 0.05) is 19.0 Å². The van der Waals surface area contributed by atoms with E-state index in [0.29, 0.717) is 13.1 Å². The van der Waals surface area contributed by atoms with Crippen molar-refractivity contribution in [3.63, 3.8) is 0 Å². The third-order valence-corrected chi connectivity index (χ3v) is 4.35. The second-order valence-corrected chi connectivity index (χ2v) is 7.71. The van der Waals surface area contributed by atoms with Gasteiger partial charge in [-0.25, -0.2) is 9.18 Å². The molecule has 0 radical (unpaired) electrons. The van der Waals surface area contributed by atoms with E-state index in [-0.39, 0.29) is 29.2 Å². The quantitative estimate of drug-likeness (QED) is 0.900. The Morgan fingerprint density at radius 2 is 1.92 bits per heavy atom. The predicted molar refractivity (Wildman–Crippen MR) is 91.7 cm³/mol. The number of hydrogen-bond donors (Lipinski definition) is 1. The molecule has 1 heterocycles. The molecule has 2 amide bonds. The number of benzene rings is 1. The highest BCUT2D eigenvalue weighted by Gasteiger charge is 2.27. The van der Waals surface area contributed by atoms with Gasteiger partial charge in [0.15, 0.2) is 0 Å². The van der Waals surface area contributed by atoms with Gasteiger partial charge in [-0.15, -0.1) is 0 Å². The normalized spacial score (nSPS) is 17.2. The van der Waals surface area contributed by atoms with Crippen molar-refractivity contribution >= 4 is 6.03 Å². The molecule has 1 saturated heterocycles. The largest absolute Gasteiger partial charge is 0.331 e. The Labute approximate surface area is 143 Å². The number of hydrogen-bond acceptors (Lipinski definition) is 2. The smallest absolute Gasteiger partial charge is 0.317 e. The Kier molecular flexibility index (Phi) is 5.82. The maximum absolute atomic E-state index is 13.2. The number of halogens is 1. The Morgan fingerprint density at radius 3 is 2.42 bits per heavy atom. The summed E-state index contributed by atoms with van der Waals surface area (Å²) in [5, 5.41) is 12.1. The summed E-state index contributed by atoms with van der Waals surface area (Å²) in [6.45, 7) is 7.57. The van der Waals surface area contributed by atoms with Gasteiger partial charge in [-0.1, -0.05) is 32.9 Å². The number of nitrogens with zero attached hydrogens (tertiary/aromatic N) is 2. The Balaban J connectivity index is 2.06. The first-order valence-corrected chi connectivity index (χ1v) is 8.49. The lowest BCUT2D eigenvalue weighted by atomic mass is 9.85. The first-order valence-electron chi connectivity index (χ1n) is 8.49. The predicted octanol–water partition coefficient (Wildman–Crippen LogP) is 4.25. The average molecular weight is 331 g/mol. The van der Waals surface area contributed by atoms with Crippen LogP contribution in [0.1, 0.15) is 51.6 Å². The van der Waals surface area contributed by atoms with Crippen LogP contribution < -0.4 is 5.32 Å². The number of nitriles is 1. The molecule has 0 spiro atoms. The van der Waals surface area contributed by atoms with E-state index in [0.717, 1.165) is 24.8 Å². The van der Waals surface area contributed by atoms with Gasteiger partial charge in [-0.3, -0.25) is 0 Å². The zero-order valence-corrected chi connectivity index (χ0v) is 14.7. The van der Waals surface area contributed by atoms with E-state index in [9.17, 15) is 9.18 Å². The Bertz CT molecular complexity index is 593. The monoisotopic (exact) mass is 331 g/mol. The maximum Gasteiger partial charge on any atom is 0.317 e. The molecule has 130 valence electrons. The van der Waals surface area contributed by atoms with Crippen LogP contribution in [0.5, 0.6) is 0 Å². The number of amides is 2. The fraction of sp³-hybridized carbons (Fsp3) is 0.579. The number of likely N-dealkylation sites (tertiary alicyclic amines) is 1. The standard InChI is InChI=1S/C19H26FN3O/c1-19(2,3)12-17(15-4-6-16(20)7-5-15)22-18(24)23-10-8-14(13-21)9-11-23/h4-7,14,17H,8-12H2,1-3H3,(H,22,24)/t17-/m1/s1. The lowest BCUT2D eigenvalue weighted by Gasteiger charge is -2.33. The summed E-state index contributed by atoms with van der Waals surface area (Å²) >= 11 is 0. The minimum atomic E-state index is -0.279. The van der Waals surface area contributed by atoms with Gasteiger partial charge in [0.05, 0.1) is 12.1 Å². The molecule has 2 rings (SSSR count). The van der Waals surface area contributed by atoms with E-state index in [1.165, 1.54) is 12.1 Å². The van der Waals surface area contributed by atoms with E-state index >= 15 is 0 Å². The first kappa shape index (κ1) is 18.3. The van der Waals surface area contributed by atoms with Gasteiger partial charge in [0.25, 0.3) is 0 Å². The summed E-state index contributed by atoms with van der Waals surface area (Å²) in [6.07, 6.45) is 2.22. The molecular weight excluding hydrogens is 305 g/mol. The molecule has 0 aromatic heterocycles. The van der Waals surface area contributed by atoms with Crippen molar-refractivity contribution in [2.45, 2.75) is 46.1 Å². The molecule has 0 saturated carbocycles. The van der Waals surface area contributed by atoms with Crippen LogP contribution in [-0.4, -0.2) is 24.0 Å². The summed E-state index contributed by atoms with van der Waals surface area (Å²) in [5.74, 6) is -0.227. The minimum Gasteiger partial charge on any atom is -0.331 e. The lowest BCUT2D eigenvalue weighted by molar-refractivity contribution is 0.171. The van der Waals surface area contributed by atoms with Gasteiger partial charge in [0.2, 0.25) is 0 Å². The number of urea groups is 1. The van der Waals surface area contributed by atoms with Crippen LogP contribution in [0.15, 0.2) is 24.3 Å². The summed E-state index contributed by atoms with van der Waals surface area (Å²) in [4.78, 5) is 14.4. The van der Waals surface area contributed by atoms with Gasteiger partial charge >= 0.3 is 6.03 Å². The molecule has 0 bridgehead atoms. The van der Waals surface area contributed by atoms with Crippen LogP contribution in [0.2, 0.25) is 0 Å². The van der Waals surface area contributed by atoms with Crippen molar-refractivity contribution < 1.29 is 9.18 Å². The van der Waals surface area contributed by atoms with E-state index in [1.807, 2.05) is 0 Å². The van der Waals surface area contributed by atoms with Gasteiger partial charge in [-0.2, -0.15) is 5.26 Å². The Morgan fingerprint density at radius 1 is 1.33 bits per heavy atom. The van der Waals surface area contributed by atoms with Crippen molar-refractivity contribution in [3.05, 3.63) is 35.6 Å². The molecule has 4 nitrogen and oxygen atoms in total. The average Bonchev–Trinajstić information content (AvgIpc) is 2.53. The topological polar surface area (TPSA) is 56.1 Å². The van der Waals surface area contributed by atoms with Crippen molar-refractivity contribution in [1.82, 2.24) is 10.2 Å². The number of rotatable bonds is 3. The lowest BCUT2D eigenvalue weighted by Crippen LogP contribution is -2.46. The Hall–Kier alpha value is -2.09. The molecule has 1 aliphatic rings. The molecule has 24 heavy (non-hydrogen) atoms. The van der Waals surface area contributed by atoms with Crippen molar-refractivity contribution in [2.75, 3.05) is 13.1 Å². The van der Waals surface area contributed by atoms with E-state index in [2.05, 4.69) is 32.2 Å². The first-order chi connectivity index (χ1) is 11.3. The zero-order valence-electron chi connectivity index (χ0n) is 14.7. The molecule has 1 atom stereocenters. The maximum atomic E-state index is 13.2. The SMILES string of the molecule is CC(C)(C)C[C@@H](NC(=O)N1CCC(C#N)CC1)c1ccc(F)cc1. The highest BCUT2D eigenvalue weighted by atomic mass is 19.1. The molecule has 5 heteroatoms. The highest BCUT2D eigenvalue weighted by molar-refractivity contribution is 5.74. The minimum absolute atomic E-state index is 0.0279. The fourth-order valence-electron chi connectivity index (χ4n) is 3.01. The van der Waals surface area contributed by atoms with Crippen LogP contribution in [0.4, 0.5) is 9.18 Å². The van der Waals surface area contributed by atoms with E-state index in [1.54, 1.807) is 17.0 Å². The van der Waals surface area contributed by atoms with Crippen molar-refractivity contribution in [1.29, 1.82) is 5.26 Å². The zero-order chi connectivity index (χ0) is 17.7. The molecule has 0 aliphatic carbocycles. The third kappa shape index (κ3) is 5.23. The van der Waals surface area contributed by atoms with Crippen LogP contribution in [-0.2, 0) is 0 Å². The van der Waals surface area contributed by atoms with E-state index < -0.39 is 0 Å². The summed E-state index contributed by atoms with van der Waals surface area (Å²) in [6, 6.07) is 8.32. The summed E-state index contributed by atoms with van der Waals surface area (Å²) in [7, 11) is 0. The molecule has 1 N–H and O–H groups in total. The molecule has 0 unspecified atom stereocenters. The summed E-state index contributed by atoms with van der Waals surface area (Å²) in [5.41, 5.74) is 0.937. The van der Waals surface area contributed by atoms with E-state index in [4.69, 9.17) is 5.26 Å². The number of nitrogens with one attached hydrogen (secondary N) is 1. The number of piperidine rings is 1. The van der Waals surface area contributed by atoms with Crippen LogP contribution in [0, 0.1) is 28.5 Å². The van der Waals surface area contributed by atoms with Gasteiger partial charge in [-0.05, 0) is 42.4 Å². The van der Waals surface area contributed by atoms with Gasteiger partial charge < -0.3 is 10.2 Å². The number of carbonyl (C=O) groups excluding carboxylic acids is 1. The van der Waals surface area contributed by atoms with Crippen LogP contribution in [0.25, 0.3) is 0 Å². The molecule has 1 aliphatic heterocycles. The molecular formula is C19H26FN3O. The van der Waals surface area contributed by atoms with Crippen molar-refractivity contribution in [2.24, 2.45) is 11.3 Å². The number of carbonyl (C=O) groups is 1. The molecule has 1 aromatic rings. The van der Waals surface area contributed by atoms with Crippen LogP contribution in [0.3, 0.4) is 0 Å². The van der Waals surface area contributed by atoms with Crippen molar-refractivity contribution in [3.8, 4) is 6.07 Å². The second-order valence-electron chi connectivity index (χ2n) is 7.71. The molecule has 1 aromatic carbocycles. The molecule has 1 fully saturated rings. The summed E-state index contributed by atoms with van der Waals surface area (Å²) < 4.78 is 13.2. The van der Waals surface area contributed by atoms with Gasteiger partial charge in [0.1, 0.15) is 5.82 Å². The fourth-order valence-corrected chi connectivity index (χ4v) is 3.01. The van der Waals surface area contributed by atoms with Crippen LogP contribution >= 0.6 is 0 Å². The third-order valence-electron chi connectivity index (χ3n) is 4.35. The second kappa shape index (κ2) is 7.65.